The fourth-order valence-corrected chi connectivity index (χ4v) is 3.03. The third kappa shape index (κ3) is 7.70. The molecule has 0 bridgehead atoms. The number of ether oxygens (including phenoxy) is 2. The zero-order valence-corrected chi connectivity index (χ0v) is 21.2. The zero-order chi connectivity index (χ0) is 22.8. The first kappa shape index (κ1) is 26.0. The number of halogens is 1. The molecule has 0 aliphatic rings. The van der Waals surface area contributed by atoms with Crippen molar-refractivity contribution in [2.75, 3.05) is 26.1 Å². The van der Waals surface area contributed by atoms with Gasteiger partial charge in [0.25, 0.3) is 5.91 Å². The summed E-state index contributed by atoms with van der Waals surface area (Å²) in [5.41, 5.74) is 2.34. The number of amides is 1. The van der Waals surface area contributed by atoms with E-state index in [0.29, 0.717) is 48.5 Å². The lowest BCUT2D eigenvalue weighted by molar-refractivity contribution is 0.0948. The van der Waals surface area contributed by atoms with E-state index in [-0.39, 0.29) is 29.9 Å². The fraction of sp³-hybridized carbons (Fsp3) is 0.250. The van der Waals surface area contributed by atoms with Crippen molar-refractivity contribution < 1.29 is 18.7 Å². The Morgan fingerprint density at radius 3 is 2.58 bits per heavy atom. The largest absolute Gasteiger partial charge is 0.493 e. The Kier molecular flexibility index (Phi) is 10.5. The number of nitrogens with zero attached hydrogens (tertiary/aromatic N) is 1. The van der Waals surface area contributed by atoms with Crippen LogP contribution in [0.4, 0.5) is 5.69 Å². The number of rotatable bonds is 9. The number of hydrogen-bond acceptors (Lipinski definition) is 5. The van der Waals surface area contributed by atoms with Crippen molar-refractivity contribution in [1.82, 2.24) is 10.6 Å². The summed E-state index contributed by atoms with van der Waals surface area (Å²) < 4.78 is 16.2. The molecule has 8 nitrogen and oxygen atoms in total. The lowest BCUT2D eigenvalue weighted by atomic mass is 10.1. The molecule has 1 amide bonds. The maximum atomic E-state index is 12.4. The number of hydrogen-bond donors (Lipinski definition) is 3. The van der Waals surface area contributed by atoms with Gasteiger partial charge in [-0.25, -0.2) is 0 Å². The second-order valence-electron chi connectivity index (χ2n) is 6.81. The average molecular weight is 564 g/mol. The van der Waals surface area contributed by atoms with Crippen molar-refractivity contribution in [3.05, 3.63) is 77.7 Å². The molecule has 0 aliphatic heterocycles. The molecule has 2 aromatic carbocycles. The van der Waals surface area contributed by atoms with E-state index in [1.54, 1.807) is 32.6 Å². The highest BCUT2D eigenvalue weighted by Gasteiger charge is 2.09. The Morgan fingerprint density at radius 1 is 1.03 bits per heavy atom. The van der Waals surface area contributed by atoms with Crippen molar-refractivity contribution >= 4 is 41.5 Å². The van der Waals surface area contributed by atoms with Gasteiger partial charge < -0.3 is 29.8 Å². The summed E-state index contributed by atoms with van der Waals surface area (Å²) in [4.78, 5) is 16.7. The van der Waals surface area contributed by atoms with Gasteiger partial charge in [0.05, 0.1) is 26.5 Å². The summed E-state index contributed by atoms with van der Waals surface area (Å²) in [7, 11) is 3.30. The molecule has 9 heteroatoms. The highest BCUT2D eigenvalue weighted by Crippen LogP contribution is 2.30. The lowest BCUT2D eigenvalue weighted by Crippen LogP contribution is -2.30. The number of carbonyl (C=O) groups excluding carboxylic acids is 1. The molecule has 0 saturated carbocycles. The number of carbonyl (C=O) groups is 1. The zero-order valence-electron chi connectivity index (χ0n) is 18.9. The minimum Gasteiger partial charge on any atom is -0.493 e. The first-order chi connectivity index (χ1) is 15.6. The van der Waals surface area contributed by atoms with Gasteiger partial charge in [-0.1, -0.05) is 12.1 Å². The van der Waals surface area contributed by atoms with Crippen LogP contribution in [0.5, 0.6) is 11.5 Å². The second-order valence-corrected chi connectivity index (χ2v) is 6.81. The summed E-state index contributed by atoms with van der Waals surface area (Å²) in [6.07, 6.45) is 1.58. The third-order valence-corrected chi connectivity index (χ3v) is 4.60. The molecule has 0 fully saturated rings. The third-order valence-electron chi connectivity index (χ3n) is 4.60. The van der Waals surface area contributed by atoms with Crippen molar-refractivity contribution in [3.8, 4) is 11.5 Å². The minimum absolute atomic E-state index is 0. The van der Waals surface area contributed by atoms with Crippen molar-refractivity contribution in [1.29, 1.82) is 0 Å². The van der Waals surface area contributed by atoms with Gasteiger partial charge >= 0.3 is 0 Å². The number of furan rings is 1. The van der Waals surface area contributed by atoms with Gasteiger partial charge in [0.1, 0.15) is 5.76 Å². The van der Waals surface area contributed by atoms with E-state index in [4.69, 9.17) is 13.9 Å². The molecular weight excluding hydrogens is 535 g/mol. The van der Waals surface area contributed by atoms with Crippen LogP contribution in [0.15, 0.2) is 70.3 Å². The van der Waals surface area contributed by atoms with Gasteiger partial charge in [-0.2, -0.15) is 0 Å². The molecule has 176 valence electrons. The Bertz CT molecular complexity index is 1050. The van der Waals surface area contributed by atoms with Crippen LogP contribution in [0.2, 0.25) is 0 Å². The fourth-order valence-electron chi connectivity index (χ4n) is 3.03. The number of benzene rings is 2. The van der Waals surface area contributed by atoms with Crippen LogP contribution in [0.25, 0.3) is 0 Å². The molecule has 0 aliphatic carbocycles. The normalized spacial score (nSPS) is 10.7. The Labute approximate surface area is 210 Å². The number of anilines is 1. The predicted octanol–water partition coefficient (Wildman–Crippen LogP) is 4.42. The molecule has 33 heavy (non-hydrogen) atoms. The van der Waals surface area contributed by atoms with Crippen molar-refractivity contribution in [2.45, 2.75) is 20.0 Å². The van der Waals surface area contributed by atoms with E-state index in [2.05, 4.69) is 20.9 Å². The van der Waals surface area contributed by atoms with Crippen molar-refractivity contribution in [3.63, 3.8) is 0 Å². The molecule has 0 radical (unpaired) electrons. The molecule has 3 aromatic rings. The number of aliphatic imine (C=N–C) groups is 1. The molecule has 0 saturated heterocycles. The van der Waals surface area contributed by atoms with Gasteiger partial charge in [0.15, 0.2) is 17.5 Å². The van der Waals surface area contributed by atoms with Gasteiger partial charge in [-0.05, 0) is 48.9 Å². The van der Waals surface area contributed by atoms with E-state index < -0.39 is 0 Å². The highest BCUT2D eigenvalue weighted by atomic mass is 127. The van der Waals surface area contributed by atoms with Crippen LogP contribution < -0.4 is 25.4 Å². The molecule has 1 heterocycles. The van der Waals surface area contributed by atoms with Crippen LogP contribution in [-0.2, 0) is 13.1 Å². The minimum atomic E-state index is -0.160. The topological polar surface area (TPSA) is 97.1 Å². The van der Waals surface area contributed by atoms with Crippen LogP contribution in [0.1, 0.15) is 28.6 Å². The molecular formula is C24H29IN4O4. The quantitative estimate of drug-likeness (QED) is 0.202. The van der Waals surface area contributed by atoms with E-state index in [1.807, 2.05) is 49.4 Å². The number of nitrogens with one attached hydrogen (secondary N) is 3. The summed E-state index contributed by atoms with van der Waals surface area (Å²) in [6.45, 7) is 3.30. The number of guanidine groups is 1. The first-order valence-corrected chi connectivity index (χ1v) is 10.3. The maximum absolute atomic E-state index is 12.4. The summed E-state index contributed by atoms with van der Waals surface area (Å²) in [6, 6.07) is 16.6. The predicted molar refractivity (Wildman–Crippen MR) is 140 cm³/mol. The average Bonchev–Trinajstić information content (AvgIpc) is 3.34. The Morgan fingerprint density at radius 2 is 1.88 bits per heavy atom. The van der Waals surface area contributed by atoms with E-state index in [0.717, 1.165) is 11.3 Å². The molecule has 0 atom stereocenters. The Balaban J connectivity index is 0.00000385. The van der Waals surface area contributed by atoms with Crippen LogP contribution in [-0.4, -0.2) is 32.6 Å². The van der Waals surface area contributed by atoms with Crippen molar-refractivity contribution in [2.24, 2.45) is 4.99 Å². The van der Waals surface area contributed by atoms with Gasteiger partial charge in [0, 0.05) is 30.9 Å². The van der Waals surface area contributed by atoms with Gasteiger partial charge in [0.2, 0.25) is 0 Å². The maximum Gasteiger partial charge on any atom is 0.251 e. The number of methoxy groups -OCH3 is 1. The standard InChI is InChI=1S/C24H28N4O4.HI/c1-4-31-22-14-19(10-11-21(22)30-3)28-24(25-2)27-15-17-7-5-8-18(13-17)23(29)26-16-20-9-6-12-32-20;/h5-14H,4,15-16H2,1-3H3,(H,26,29)(H2,25,27,28);1H. The van der Waals surface area contributed by atoms with Crippen LogP contribution in [0.3, 0.4) is 0 Å². The Hall–Kier alpha value is -3.21. The smallest absolute Gasteiger partial charge is 0.251 e. The van der Waals surface area contributed by atoms with Gasteiger partial charge in [-0.15, -0.1) is 24.0 Å². The SMILES string of the molecule is CCOc1cc(NC(=NC)NCc2cccc(C(=O)NCc3ccco3)c2)ccc1OC.I. The van der Waals surface area contributed by atoms with Crippen LogP contribution in [0, 0.1) is 0 Å². The summed E-state index contributed by atoms with van der Waals surface area (Å²) in [5.74, 6) is 2.46. The second kappa shape index (κ2) is 13.4. The lowest BCUT2D eigenvalue weighted by Gasteiger charge is -2.15. The molecule has 3 N–H and O–H groups in total. The van der Waals surface area contributed by atoms with Gasteiger partial charge in [-0.3, -0.25) is 9.79 Å². The monoisotopic (exact) mass is 564 g/mol. The summed E-state index contributed by atoms with van der Waals surface area (Å²) in [5, 5.41) is 9.34. The van der Waals surface area contributed by atoms with E-state index >= 15 is 0 Å². The van der Waals surface area contributed by atoms with Crippen LogP contribution >= 0.6 is 24.0 Å². The molecule has 0 spiro atoms. The molecule has 1 aromatic heterocycles. The molecule has 3 rings (SSSR count). The highest BCUT2D eigenvalue weighted by molar-refractivity contribution is 14.0. The molecule has 0 unspecified atom stereocenters. The van der Waals surface area contributed by atoms with E-state index in [9.17, 15) is 4.79 Å². The summed E-state index contributed by atoms with van der Waals surface area (Å²) >= 11 is 0. The first-order valence-electron chi connectivity index (χ1n) is 10.3. The van der Waals surface area contributed by atoms with E-state index in [1.165, 1.54) is 0 Å².